The van der Waals surface area contributed by atoms with Crippen LogP contribution in [0.2, 0.25) is 0 Å². The fourth-order valence-electron chi connectivity index (χ4n) is 2.46. The molecule has 4 rings (SSSR count). The van der Waals surface area contributed by atoms with E-state index in [1.54, 1.807) is 23.2 Å². The van der Waals surface area contributed by atoms with Crippen molar-refractivity contribution in [3.63, 3.8) is 0 Å². The molecule has 0 bridgehead atoms. The topological polar surface area (TPSA) is 63.6 Å². The Kier molecular flexibility index (Phi) is 2.20. The quantitative estimate of drug-likeness (QED) is 0.572. The molecule has 0 atom stereocenters. The van der Waals surface area contributed by atoms with E-state index in [9.17, 15) is 4.79 Å². The van der Waals surface area contributed by atoms with E-state index in [1.807, 2.05) is 36.4 Å². The molecular weight excluding hydrogens is 252 g/mol. The number of fused-ring (bicyclic) bond motifs is 3. The molecule has 20 heavy (non-hydrogen) atoms. The average Bonchev–Trinajstić information content (AvgIpc) is 2.84. The maximum Gasteiger partial charge on any atom is 0.331 e. The Morgan fingerprint density at radius 3 is 2.80 bits per heavy atom. The van der Waals surface area contributed by atoms with Gasteiger partial charge in [-0.1, -0.05) is 18.2 Å². The van der Waals surface area contributed by atoms with Crippen LogP contribution in [0.15, 0.2) is 59.8 Å². The van der Waals surface area contributed by atoms with E-state index in [-0.39, 0.29) is 5.69 Å². The van der Waals surface area contributed by atoms with Crippen LogP contribution in [0, 0.1) is 0 Å². The first kappa shape index (κ1) is 10.9. The molecule has 3 aromatic heterocycles. The molecule has 0 aliphatic rings. The van der Waals surface area contributed by atoms with Crippen LogP contribution in [-0.2, 0) is 0 Å². The van der Waals surface area contributed by atoms with Crippen LogP contribution in [0.1, 0.15) is 0 Å². The predicted octanol–water partition coefficient (Wildman–Crippen LogP) is 2.26. The van der Waals surface area contributed by atoms with E-state index < -0.39 is 0 Å². The Morgan fingerprint density at radius 1 is 1.05 bits per heavy atom. The van der Waals surface area contributed by atoms with Gasteiger partial charge in [0.25, 0.3) is 0 Å². The summed E-state index contributed by atoms with van der Waals surface area (Å²) in [6, 6.07) is 11.4. The number of nitrogens with zero attached hydrogens (tertiary/aromatic N) is 3. The van der Waals surface area contributed by atoms with Crippen LogP contribution < -0.4 is 5.69 Å². The first-order valence-corrected chi connectivity index (χ1v) is 6.23. The van der Waals surface area contributed by atoms with Gasteiger partial charge in [-0.2, -0.15) is 0 Å². The highest BCUT2D eigenvalue weighted by Crippen LogP contribution is 2.23. The van der Waals surface area contributed by atoms with Gasteiger partial charge in [-0.25, -0.2) is 4.79 Å². The maximum atomic E-state index is 12.2. The fraction of sp³-hybridized carbons (Fsp3) is 0. The zero-order chi connectivity index (χ0) is 13.5. The second kappa shape index (κ2) is 4.03. The molecule has 1 aromatic carbocycles. The van der Waals surface area contributed by atoms with Gasteiger partial charge < -0.3 is 4.98 Å². The Bertz CT molecular complexity index is 969. The van der Waals surface area contributed by atoms with Crippen LogP contribution >= 0.6 is 0 Å². The summed E-state index contributed by atoms with van der Waals surface area (Å²) in [6.45, 7) is 0. The highest BCUT2D eigenvalue weighted by Gasteiger charge is 2.12. The zero-order valence-corrected chi connectivity index (χ0v) is 10.4. The molecule has 96 valence electrons. The SMILES string of the molecule is O=c1[nH]c2cnc3ccccc3c2n1-c1cccnc1. The summed E-state index contributed by atoms with van der Waals surface area (Å²) in [4.78, 5) is 23.5. The van der Waals surface area contributed by atoms with E-state index in [4.69, 9.17) is 0 Å². The number of pyridine rings is 2. The molecule has 3 heterocycles. The van der Waals surface area contributed by atoms with Crippen molar-refractivity contribution in [1.29, 1.82) is 0 Å². The number of imidazole rings is 1. The number of nitrogens with one attached hydrogen (secondary N) is 1. The lowest BCUT2D eigenvalue weighted by molar-refractivity contribution is 1.01. The molecule has 0 spiro atoms. The molecule has 0 saturated heterocycles. The van der Waals surface area contributed by atoms with Crippen LogP contribution in [-0.4, -0.2) is 19.5 Å². The molecule has 5 nitrogen and oxygen atoms in total. The second-order valence-electron chi connectivity index (χ2n) is 4.51. The lowest BCUT2D eigenvalue weighted by Crippen LogP contribution is -2.14. The standard InChI is InChI=1S/C15H10N4O/c20-15-18-13-9-17-12-6-2-1-5-11(12)14(13)19(15)10-4-3-7-16-8-10/h1-9H,(H,18,20). The molecule has 5 heteroatoms. The number of para-hydroxylation sites is 1. The Balaban J connectivity index is 2.23. The monoisotopic (exact) mass is 262 g/mol. The number of aromatic nitrogens is 4. The molecule has 0 aliphatic heterocycles. The van der Waals surface area contributed by atoms with Gasteiger partial charge in [0.2, 0.25) is 0 Å². The van der Waals surface area contributed by atoms with Crippen LogP contribution in [0.3, 0.4) is 0 Å². The van der Waals surface area contributed by atoms with E-state index in [2.05, 4.69) is 15.0 Å². The van der Waals surface area contributed by atoms with Crippen molar-refractivity contribution in [3.8, 4) is 5.69 Å². The van der Waals surface area contributed by atoms with Gasteiger partial charge in [-0.05, 0) is 18.2 Å². The summed E-state index contributed by atoms with van der Waals surface area (Å²) in [7, 11) is 0. The van der Waals surface area contributed by atoms with Gasteiger partial charge in [-0.15, -0.1) is 0 Å². The minimum absolute atomic E-state index is 0.189. The summed E-state index contributed by atoms with van der Waals surface area (Å²) < 4.78 is 1.63. The van der Waals surface area contributed by atoms with Crippen LogP contribution in [0.5, 0.6) is 0 Å². The second-order valence-corrected chi connectivity index (χ2v) is 4.51. The number of hydrogen-bond acceptors (Lipinski definition) is 3. The van der Waals surface area contributed by atoms with Gasteiger partial charge in [-0.3, -0.25) is 14.5 Å². The minimum Gasteiger partial charge on any atom is -0.304 e. The third-order valence-corrected chi connectivity index (χ3v) is 3.32. The summed E-state index contributed by atoms with van der Waals surface area (Å²) in [5.41, 5.74) is 2.95. The summed E-state index contributed by atoms with van der Waals surface area (Å²) in [6.07, 6.45) is 5.04. The molecule has 0 amide bonds. The van der Waals surface area contributed by atoms with Gasteiger partial charge in [0.15, 0.2) is 0 Å². The van der Waals surface area contributed by atoms with Crippen molar-refractivity contribution < 1.29 is 0 Å². The highest BCUT2D eigenvalue weighted by molar-refractivity contribution is 6.02. The summed E-state index contributed by atoms with van der Waals surface area (Å²) in [5.74, 6) is 0. The molecule has 0 unspecified atom stereocenters. The number of hydrogen-bond donors (Lipinski definition) is 1. The Labute approximate surface area is 113 Å². The maximum absolute atomic E-state index is 12.2. The van der Waals surface area contributed by atoms with Gasteiger partial charge in [0, 0.05) is 11.6 Å². The molecule has 0 saturated carbocycles. The van der Waals surface area contributed by atoms with Crippen LogP contribution in [0.25, 0.3) is 27.6 Å². The third-order valence-electron chi connectivity index (χ3n) is 3.32. The van der Waals surface area contributed by atoms with Crippen molar-refractivity contribution in [1.82, 2.24) is 19.5 Å². The number of aromatic amines is 1. The van der Waals surface area contributed by atoms with Gasteiger partial charge in [0.1, 0.15) is 0 Å². The number of benzene rings is 1. The van der Waals surface area contributed by atoms with E-state index in [0.717, 1.165) is 27.6 Å². The largest absolute Gasteiger partial charge is 0.331 e. The number of rotatable bonds is 1. The van der Waals surface area contributed by atoms with E-state index in [1.165, 1.54) is 0 Å². The molecule has 4 aromatic rings. The predicted molar refractivity (Wildman–Crippen MR) is 77.0 cm³/mol. The Morgan fingerprint density at radius 2 is 1.95 bits per heavy atom. The summed E-state index contributed by atoms with van der Waals surface area (Å²) >= 11 is 0. The normalized spacial score (nSPS) is 11.2. The van der Waals surface area contributed by atoms with Crippen molar-refractivity contribution in [2.45, 2.75) is 0 Å². The summed E-state index contributed by atoms with van der Waals surface area (Å²) in [5, 5.41) is 0.937. The Hall–Kier alpha value is -2.95. The van der Waals surface area contributed by atoms with Crippen molar-refractivity contribution >= 4 is 21.9 Å². The molecule has 0 radical (unpaired) electrons. The first-order valence-electron chi connectivity index (χ1n) is 6.23. The molecule has 0 aliphatic carbocycles. The third kappa shape index (κ3) is 1.46. The molecule has 1 N–H and O–H groups in total. The van der Waals surface area contributed by atoms with E-state index >= 15 is 0 Å². The molecule has 0 fully saturated rings. The van der Waals surface area contributed by atoms with Crippen molar-refractivity contribution in [2.24, 2.45) is 0 Å². The lowest BCUT2D eigenvalue weighted by atomic mass is 10.2. The highest BCUT2D eigenvalue weighted by atomic mass is 16.1. The average molecular weight is 262 g/mol. The zero-order valence-electron chi connectivity index (χ0n) is 10.4. The molecular formula is C15H10N4O. The van der Waals surface area contributed by atoms with Gasteiger partial charge >= 0.3 is 5.69 Å². The van der Waals surface area contributed by atoms with E-state index in [0.29, 0.717) is 0 Å². The fourth-order valence-corrected chi connectivity index (χ4v) is 2.46. The first-order chi connectivity index (χ1) is 9.84. The smallest absolute Gasteiger partial charge is 0.304 e. The lowest BCUT2D eigenvalue weighted by Gasteiger charge is -2.04. The van der Waals surface area contributed by atoms with Gasteiger partial charge in [0.05, 0.1) is 34.6 Å². The minimum atomic E-state index is -0.189. The van der Waals surface area contributed by atoms with Crippen molar-refractivity contribution in [2.75, 3.05) is 0 Å². The van der Waals surface area contributed by atoms with Crippen LogP contribution in [0.4, 0.5) is 0 Å². The van der Waals surface area contributed by atoms with Crippen molar-refractivity contribution in [3.05, 3.63) is 65.5 Å². The number of H-pyrrole nitrogens is 1.